The second-order valence-corrected chi connectivity index (χ2v) is 6.44. The van der Waals surface area contributed by atoms with Crippen LogP contribution in [0.1, 0.15) is 39.7 Å². The van der Waals surface area contributed by atoms with Gasteiger partial charge in [0, 0.05) is 0 Å². The van der Waals surface area contributed by atoms with Crippen LogP contribution in [0.2, 0.25) is 0 Å². The fraction of sp³-hybridized carbons (Fsp3) is 0.556. The highest BCUT2D eigenvalue weighted by molar-refractivity contribution is 5.85. The zero-order chi connectivity index (χ0) is 16.5. The second kappa shape index (κ2) is 9.23. The molecule has 0 saturated heterocycles. The van der Waals surface area contributed by atoms with Crippen molar-refractivity contribution in [2.45, 2.75) is 46.6 Å². The van der Waals surface area contributed by atoms with Crippen LogP contribution < -0.4 is 5.32 Å². The lowest BCUT2D eigenvalue weighted by atomic mass is 10.0. The van der Waals surface area contributed by atoms with Crippen LogP contribution in [-0.2, 0) is 20.7 Å². The van der Waals surface area contributed by atoms with Crippen molar-refractivity contribution in [1.29, 1.82) is 0 Å². The van der Waals surface area contributed by atoms with Crippen molar-refractivity contribution in [3.63, 3.8) is 0 Å². The maximum absolute atomic E-state index is 12.1. The molecule has 1 unspecified atom stereocenters. The number of esters is 1. The van der Waals surface area contributed by atoms with Gasteiger partial charge < -0.3 is 10.1 Å². The molecule has 0 aliphatic rings. The first-order chi connectivity index (χ1) is 10.4. The minimum atomic E-state index is -0.574. The normalized spacial score (nSPS) is 12.3. The van der Waals surface area contributed by atoms with Crippen LogP contribution in [0, 0.1) is 11.8 Å². The maximum atomic E-state index is 12.1. The predicted octanol–water partition coefficient (Wildman–Crippen LogP) is 2.96. The van der Waals surface area contributed by atoms with Crippen LogP contribution in [0.4, 0.5) is 0 Å². The summed E-state index contributed by atoms with van der Waals surface area (Å²) in [5.74, 6) is 0.0828. The van der Waals surface area contributed by atoms with Gasteiger partial charge in [0.15, 0.2) is 0 Å². The molecular formula is C18H27NO3. The molecule has 1 N–H and O–H groups in total. The first-order valence-corrected chi connectivity index (χ1v) is 7.88. The van der Waals surface area contributed by atoms with Crippen molar-refractivity contribution in [2.24, 2.45) is 11.8 Å². The number of carbonyl (C=O) groups excluding carboxylic acids is 2. The number of rotatable bonds is 8. The fourth-order valence-corrected chi connectivity index (χ4v) is 2.06. The number of carbonyl (C=O) groups is 2. The van der Waals surface area contributed by atoms with E-state index in [1.807, 2.05) is 58.0 Å². The minimum absolute atomic E-state index is 0.154. The number of amides is 1. The molecule has 0 bridgehead atoms. The summed E-state index contributed by atoms with van der Waals surface area (Å²) in [6, 6.07) is 8.92. The molecule has 0 aliphatic heterocycles. The molecule has 1 amide bonds. The van der Waals surface area contributed by atoms with Crippen molar-refractivity contribution in [3.05, 3.63) is 35.9 Å². The maximum Gasteiger partial charge on any atom is 0.328 e. The van der Waals surface area contributed by atoms with Crippen LogP contribution in [0.5, 0.6) is 0 Å². The van der Waals surface area contributed by atoms with Gasteiger partial charge >= 0.3 is 5.97 Å². The summed E-state index contributed by atoms with van der Waals surface area (Å²) >= 11 is 0. The molecule has 4 nitrogen and oxygen atoms in total. The summed E-state index contributed by atoms with van der Waals surface area (Å²) in [5.41, 5.74) is 0.929. The Labute approximate surface area is 133 Å². The molecule has 0 aromatic heterocycles. The van der Waals surface area contributed by atoms with Gasteiger partial charge in [-0.15, -0.1) is 0 Å². The number of benzene rings is 1. The summed E-state index contributed by atoms with van der Waals surface area (Å²) in [5, 5.41) is 2.81. The molecule has 0 saturated carbocycles. The highest BCUT2D eigenvalue weighted by Gasteiger charge is 2.23. The van der Waals surface area contributed by atoms with Gasteiger partial charge in [0.2, 0.25) is 5.91 Å². The molecule has 4 heteroatoms. The van der Waals surface area contributed by atoms with Crippen molar-refractivity contribution >= 4 is 11.9 Å². The summed E-state index contributed by atoms with van der Waals surface area (Å²) in [6.07, 6.45) is 0.852. The number of ether oxygens (including phenoxy) is 1. The van der Waals surface area contributed by atoms with Crippen molar-refractivity contribution < 1.29 is 14.3 Å². The second-order valence-electron chi connectivity index (χ2n) is 6.44. The Morgan fingerprint density at radius 1 is 1.05 bits per heavy atom. The van der Waals surface area contributed by atoms with Gasteiger partial charge in [0.25, 0.3) is 0 Å². The van der Waals surface area contributed by atoms with Gasteiger partial charge in [-0.25, -0.2) is 4.79 Å². The van der Waals surface area contributed by atoms with Crippen LogP contribution >= 0.6 is 0 Å². The lowest BCUT2D eigenvalue weighted by Crippen LogP contribution is -2.43. The Bertz CT molecular complexity index is 468. The Balaban J connectivity index is 2.59. The molecule has 0 aliphatic carbocycles. The Morgan fingerprint density at radius 2 is 1.68 bits per heavy atom. The average Bonchev–Trinajstić information content (AvgIpc) is 2.44. The molecule has 0 radical (unpaired) electrons. The van der Waals surface area contributed by atoms with E-state index >= 15 is 0 Å². The van der Waals surface area contributed by atoms with Gasteiger partial charge in [-0.2, -0.15) is 0 Å². The summed E-state index contributed by atoms with van der Waals surface area (Å²) in [7, 11) is 0. The summed E-state index contributed by atoms with van der Waals surface area (Å²) in [6.45, 7) is 8.39. The zero-order valence-corrected chi connectivity index (χ0v) is 14.0. The summed E-state index contributed by atoms with van der Waals surface area (Å²) < 4.78 is 5.26. The van der Waals surface area contributed by atoms with Gasteiger partial charge in [-0.3, -0.25) is 4.79 Å². The van der Waals surface area contributed by atoms with E-state index in [9.17, 15) is 9.59 Å². The smallest absolute Gasteiger partial charge is 0.328 e. The van der Waals surface area contributed by atoms with Crippen LogP contribution in [0.15, 0.2) is 30.3 Å². The predicted molar refractivity (Wildman–Crippen MR) is 87.3 cm³/mol. The molecule has 1 aromatic carbocycles. The standard InChI is InChI=1S/C18H27NO3/c1-13(2)10-16(18(21)22-12-14(3)4)19-17(20)11-15-8-6-5-7-9-15/h5-9,13-14,16H,10-12H2,1-4H3,(H,19,20). The van der Waals surface area contributed by atoms with Crippen LogP contribution in [0.25, 0.3) is 0 Å². The minimum Gasteiger partial charge on any atom is -0.464 e. The van der Waals surface area contributed by atoms with Gasteiger partial charge in [0.05, 0.1) is 13.0 Å². The number of nitrogens with one attached hydrogen (secondary N) is 1. The van der Waals surface area contributed by atoms with Gasteiger partial charge in [-0.1, -0.05) is 58.0 Å². The van der Waals surface area contributed by atoms with Crippen LogP contribution in [-0.4, -0.2) is 24.5 Å². The monoisotopic (exact) mass is 305 g/mol. The number of hydrogen-bond donors (Lipinski definition) is 1. The lowest BCUT2D eigenvalue weighted by Gasteiger charge is -2.20. The molecule has 1 rings (SSSR count). The largest absolute Gasteiger partial charge is 0.464 e. The Kier molecular flexibility index (Phi) is 7.64. The SMILES string of the molecule is CC(C)COC(=O)C(CC(C)C)NC(=O)Cc1ccccc1. The van der Waals surface area contributed by atoms with E-state index in [-0.39, 0.29) is 24.2 Å². The third-order valence-corrected chi connectivity index (χ3v) is 3.09. The Morgan fingerprint density at radius 3 is 2.23 bits per heavy atom. The molecule has 1 atom stereocenters. The third kappa shape index (κ3) is 7.25. The van der Waals surface area contributed by atoms with E-state index < -0.39 is 6.04 Å². The molecule has 122 valence electrons. The van der Waals surface area contributed by atoms with Gasteiger partial charge in [0.1, 0.15) is 6.04 Å². The zero-order valence-electron chi connectivity index (χ0n) is 14.0. The van der Waals surface area contributed by atoms with Gasteiger partial charge in [-0.05, 0) is 23.8 Å². The molecule has 0 spiro atoms. The van der Waals surface area contributed by atoms with E-state index in [1.165, 1.54) is 0 Å². The molecular weight excluding hydrogens is 278 g/mol. The quantitative estimate of drug-likeness (QED) is 0.751. The molecule has 1 aromatic rings. The lowest BCUT2D eigenvalue weighted by molar-refractivity contribution is -0.149. The highest BCUT2D eigenvalue weighted by atomic mass is 16.5. The van der Waals surface area contributed by atoms with Crippen LogP contribution in [0.3, 0.4) is 0 Å². The molecule has 0 heterocycles. The van der Waals surface area contributed by atoms with Crippen molar-refractivity contribution in [2.75, 3.05) is 6.61 Å². The topological polar surface area (TPSA) is 55.4 Å². The summed E-state index contributed by atoms with van der Waals surface area (Å²) in [4.78, 5) is 24.3. The fourth-order valence-electron chi connectivity index (χ4n) is 2.06. The first-order valence-electron chi connectivity index (χ1n) is 7.88. The van der Waals surface area contributed by atoms with E-state index in [0.717, 1.165) is 5.56 Å². The van der Waals surface area contributed by atoms with E-state index in [2.05, 4.69) is 5.32 Å². The van der Waals surface area contributed by atoms with Crippen molar-refractivity contribution in [1.82, 2.24) is 5.32 Å². The Hall–Kier alpha value is -1.84. The highest BCUT2D eigenvalue weighted by Crippen LogP contribution is 2.08. The molecule has 22 heavy (non-hydrogen) atoms. The average molecular weight is 305 g/mol. The van der Waals surface area contributed by atoms with E-state index in [1.54, 1.807) is 0 Å². The molecule has 0 fully saturated rings. The number of hydrogen-bond acceptors (Lipinski definition) is 3. The first kappa shape index (κ1) is 18.2. The van der Waals surface area contributed by atoms with E-state index in [4.69, 9.17) is 4.74 Å². The third-order valence-electron chi connectivity index (χ3n) is 3.09. The van der Waals surface area contributed by atoms with Crippen molar-refractivity contribution in [3.8, 4) is 0 Å². The van der Waals surface area contributed by atoms with E-state index in [0.29, 0.717) is 18.9 Å².